The van der Waals surface area contributed by atoms with Crippen molar-refractivity contribution in [2.45, 2.75) is 5.03 Å². The van der Waals surface area contributed by atoms with Crippen LogP contribution in [0.3, 0.4) is 0 Å². The molecule has 9 nitrogen and oxygen atoms in total. The van der Waals surface area contributed by atoms with Crippen molar-refractivity contribution in [1.29, 1.82) is 0 Å². The summed E-state index contributed by atoms with van der Waals surface area (Å²) in [4.78, 5) is 22.4. The summed E-state index contributed by atoms with van der Waals surface area (Å²) in [6, 6.07) is 14.0. The van der Waals surface area contributed by atoms with Gasteiger partial charge in [0.25, 0.3) is 10.0 Å². The number of sulfonamides is 1. The molecular formula is C19H14ClN5O4S. The molecule has 2 aromatic carbocycles. The van der Waals surface area contributed by atoms with Gasteiger partial charge < -0.3 is 15.5 Å². The first kappa shape index (κ1) is 19.7. The highest BCUT2D eigenvalue weighted by molar-refractivity contribution is 7.92. The third kappa shape index (κ3) is 4.19. The Bertz CT molecular complexity index is 1340. The van der Waals surface area contributed by atoms with Crippen LogP contribution in [0.5, 0.6) is 5.75 Å². The predicted octanol–water partition coefficient (Wildman–Crippen LogP) is 3.54. The smallest absolute Gasteiger partial charge is 0.409 e. The van der Waals surface area contributed by atoms with Crippen LogP contribution in [-0.4, -0.2) is 29.5 Å². The average Bonchev–Trinajstić information content (AvgIpc) is 3.13. The third-order valence-electron chi connectivity index (χ3n) is 4.05. The molecule has 4 aromatic rings. The molecule has 2 aromatic heterocycles. The molecule has 0 aliphatic rings. The van der Waals surface area contributed by atoms with Crippen molar-refractivity contribution < 1.29 is 17.9 Å². The fourth-order valence-electron chi connectivity index (χ4n) is 2.71. The van der Waals surface area contributed by atoms with Crippen LogP contribution in [0.15, 0.2) is 65.8 Å². The summed E-state index contributed by atoms with van der Waals surface area (Å²) < 4.78 is 32.3. The standard InChI is InChI=1S/C19H14ClN5O4S/c20-12-2-4-13(5-3-12)25-30(27,28)17-8-1-11(10-22-17)18-23-15-7-6-14(29-19(21)26)9-16(15)24-18/h1-10,25H,(H2,21,26)(H,23,24). The molecule has 0 saturated carbocycles. The molecule has 0 aliphatic carbocycles. The molecule has 0 spiro atoms. The Morgan fingerprint density at radius 3 is 2.53 bits per heavy atom. The number of aromatic amines is 1. The van der Waals surface area contributed by atoms with Crippen molar-refractivity contribution in [3.05, 3.63) is 65.8 Å². The van der Waals surface area contributed by atoms with E-state index in [-0.39, 0.29) is 10.8 Å². The van der Waals surface area contributed by atoms with Crippen LogP contribution >= 0.6 is 11.6 Å². The molecule has 4 rings (SSSR count). The molecule has 4 N–H and O–H groups in total. The summed E-state index contributed by atoms with van der Waals surface area (Å²) in [6.07, 6.45) is 0.483. The maximum atomic E-state index is 12.5. The molecule has 0 unspecified atom stereocenters. The van der Waals surface area contributed by atoms with Crippen molar-refractivity contribution in [3.63, 3.8) is 0 Å². The van der Waals surface area contributed by atoms with E-state index in [1.807, 2.05) is 0 Å². The lowest BCUT2D eigenvalue weighted by Crippen LogP contribution is -2.16. The van der Waals surface area contributed by atoms with Crippen LogP contribution in [0.25, 0.3) is 22.4 Å². The zero-order valence-corrected chi connectivity index (χ0v) is 16.7. The molecule has 2 heterocycles. The van der Waals surface area contributed by atoms with E-state index < -0.39 is 16.1 Å². The second-order valence-electron chi connectivity index (χ2n) is 6.18. The minimum atomic E-state index is -3.86. The van der Waals surface area contributed by atoms with E-state index in [2.05, 4.69) is 19.7 Å². The summed E-state index contributed by atoms with van der Waals surface area (Å²) in [5.74, 6) is 0.751. The van der Waals surface area contributed by atoms with Gasteiger partial charge in [-0.05, 0) is 48.5 Å². The maximum absolute atomic E-state index is 12.5. The van der Waals surface area contributed by atoms with Crippen molar-refractivity contribution in [2.75, 3.05) is 4.72 Å². The Labute approximate surface area is 175 Å². The van der Waals surface area contributed by atoms with E-state index in [0.717, 1.165) is 0 Å². The number of fused-ring (bicyclic) bond motifs is 1. The van der Waals surface area contributed by atoms with Gasteiger partial charge in [-0.2, -0.15) is 8.42 Å². The number of carbonyl (C=O) groups is 1. The van der Waals surface area contributed by atoms with Crippen LogP contribution in [0, 0.1) is 0 Å². The van der Waals surface area contributed by atoms with Gasteiger partial charge in [0.05, 0.1) is 11.0 Å². The molecule has 0 bridgehead atoms. The number of benzene rings is 2. The minimum absolute atomic E-state index is 0.144. The fourth-order valence-corrected chi connectivity index (χ4v) is 3.83. The Kier molecular flexibility index (Phi) is 5.02. The highest BCUT2D eigenvalue weighted by Gasteiger charge is 2.17. The Hall–Kier alpha value is -3.63. The Balaban J connectivity index is 1.58. The number of imidazole rings is 1. The number of amides is 1. The van der Waals surface area contributed by atoms with Crippen molar-refractivity contribution in [1.82, 2.24) is 15.0 Å². The number of rotatable bonds is 5. The van der Waals surface area contributed by atoms with Gasteiger partial charge in [0.1, 0.15) is 11.6 Å². The van der Waals surface area contributed by atoms with Crippen molar-refractivity contribution in [2.24, 2.45) is 5.73 Å². The third-order valence-corrected chi connectivity index (χ3v) is 5.60. The van der Waals surface area contributed by atoms with Gasteiger partial charge in [0.2, 0.25) is 0 Å². The molecule has 1 amide bonds. The molecule has 0 radical (unpaired) electrons. The molecule has 11 heteroatoms. The first-order valence-electron chi connectivity index (χ1n) is 8.52. The summed E-state index contributed by atoms with van der Waals surface area (Å²) in [5, 5.41) is 0.356. The number of anilines is 1. The van der Waals surface area contributed by atoms with E-state index in [4.69, 9.17) is 22.1 Å². The summed E-state index contributed by atoms with van der Waals surface area (Å²) in [6.45, 7) is 0. The number of nitrogens with one attached hydrogen (secondary N) is 2. The molecule has 152 valence electrons. The van der Waals surface area contributed by atoms with Crippen LogP contribution in [0.2, 0.25) is 5.02 Å². The first-order valence-corrected chi connectivity index (χ1v) is 10.4. The number of ether oxygens (including phenoxy) is 1. The summed E-state index contributed by atoms with van der Waals surface area (Å²) in [7, 11) is -3.86. The average molecular weight is 444 g/mol. The first-order chi connectivity index (χ1) is 14.3. The molecule has 0 atom stereocenters. The second kappa shape index (κ2) is 7.65. The van der Waals surface area contributed by atoms with Crippen LogP contribution < -0.4 is 15.2 Å². The van der Waals surface area contributed by atoms with E-state index in [1.54, 1.807) is 48.5 Å². The highest BCUT2D eigenvalue weighted by Crippen LogP contribution is 2.24. The minimum Gasteiger partial charge on any atom is -0.410 e. The topological polar surface area (TPSA) is 140 Å². The number of H-pyrrole nitrogens is 1. The van der Waals surface area contributed by atoms with Gasteiger partial charge >= 0.3 is 6.09 Å². The maximum Gasteiger partial charge on any atom is 0.409 e. The number of nitrogens with two attached hydrogens (primary N) is 1. The number of aromatic nitrogens is 3. The molecule has 0 aliphatic heterocycles. The van der Waals surface area contributed by atoms with Gasteiger partial charge in [-0.15, -0.1) is 0 Å². The van der Waals surface area contributed by atoms with Crippen LogP contribution in [0.1, 0.15) is 0 Å². The van der Waals surface area contributed by atoms with E-state index in [9.17, 15) is 13.2 Å². The number of primary amides is 1. The lowest BCUT2D eigenvalue weighted by molar-refractivity contribution is 0.211. The lowest BCUT2D eigenvalue weighted by atomic mass is 10.3. The number of halogens is 1. The molecule has 0 saturated heterocycles. The van der Waals surface area contributed by atoms with Crippen molar-refractivity contribution >= 4 is 44.4 Å². The Morgan fingerprint density at radius 2 is 1.87 bits per heavy atom. The normalized spacial score (nSPS) is 11.4. The van der Waals surface area contributed by atoms with Gasteiger partial charge in [-0.25, -0.2) is 14.8 Å². The van der Waals surface area contributed by atoms with Gasteiger partial charge in [-0.3, -0.25) is 4.72 Å². The number of carbonyl (C=O) groups excluding carboxylic acids is 1. The van der Waals surface area contributed by atoms with E-state index >= 15 is 0 Å². The monoisotopic (exact) mass is 443 g/mol. The highest BCUT2D eigenvalue weighted by atomic mass is 35.5. The number of pyridine rings is 1. The summed E-state index contributed by atoms with van der Waals surface area (Å²) in [5.41, 5.74) is 7.21. The second-order valence-corrected chi connectivity index (χ2v) is 8.25. The fraction of sp³-hybridized carbons (Fsp3) is 0. The predicted molar refractivity (Wildman–Crippen MR) is 112 cm³/mol. The quantitative estimate of drug-likeness (QED) is 0.431. The SMILES string of the molecule is NC(=O)Oc1ccc2nc(-c3ccc(S(=O)(=O)Nc4ccc(Cl)cc4)nc3)[nH]c2c1. The summed E-state index contributed by atoms with van der Waals surface area (Å²) >= 11 is 5.81. The van der Waals surface area contributed by atoms with Crippen LogP contribution in [-0.2, 0) is 10.0 Å². The van der Waals surface area contributed by atoms with Gasteiger partial charge in [0, 0.05) is 28.5 Å². The largest absolute Gasteiger partial charge is 0.410 e. The van der Waals surface area contributed by atoms with Gasteiger partial charge in [0.15, 0.2) is 5.03 Å². The number of nitrogens with zero attached hydrogens (tertiary/aromatic N) is 2. The number of hydrogen-bond donors (Lipinski definition) is 3. The molecule has 30 heavy (non-hydrogen) atoms. The lowest BCUT2D eigenvalue weighted by Gasteiger charge is -2.07. The van der Waals surface area contributed by atoms with Crippen LogP contribution in [0.4, 0.5) is 10.5 Å². The number of hydrogen-bond acceptors (Lipinski definition) is 6. The van der Waals surface area contributed by atoms with E-state index in [1.165, 1.54) is 12.3 Å². The molecular weight excluding hydrogens is 430 g/mol. The van der Waals surface area contributed by atoms with E-state index in [0.29, 0.717) is 33.1 Å². The zero-order valence-electron chi connectivity index (χ0n) is 15.2. The van der Waals surface area contributed by atoms with Crippen molar-refractivity contribution in [3.8, 4) is 17.1 Å². The van der Waals surface area contributed by atoms with Gasteiger partial charge in [-0.1, -0.05) is 11.6 Å². The Morgan fingerprint density at radius 1 is 1.10 bits per heavy atom. The zero-order chi connectivity index (χ0) is 21.3. The molecule has 0 fully saturated rings.